The monoisotopic (exact) mass is 233 g/mol. The second kappa shape index (κ2) is 5.34. The third kappa shape index (κ3) is 2.97. The van der Waals surface area contributed by atoms with Crippen LogP contribution in [0.1, 0.15) is 12.8 Å². The predicted octanol–water partition coefficient (Wildman–Crippen LogP) is 2.14. The van der Waals surface area contributed by atoms with Gasteiger partial charge in [0, 0.05) is 20.1 Å². The van der Waals surface area contributed by atoms with E-state index in [4.69, 9.17) is 16.7 Å². The average molecular weight is 234 g/mol. The zero-order valence-corrected chi connectivity index (χ0v) is 9.44. The molecule has 0 fully saturated rings. The first-order valence-electron chi connectivity index (χ1n) is 4.28. The first-order chi connectivity index (χ1) is 6.65. The molecule has 0 aliphatic carbocycles. The molecule has 0 saturated heterocycles. The van der Waals surface area contributed by atoms with Crippen LogP contribution in [0.5, 0.6) is 0 Å². The van der Waals surface area contributed by atoms with E-state index in [0.717, 1.165) is 5.00 Å². The lowest BCUT2D eigenvalue weighted by molar-refractivity contribution is -0.118. The zero-order valence-electron chi connectivity index (χ0n) is 7.86. The zero-order chi connectivity index (χ0) is 10.6. The van der Waals surface area contributed by atoms with E-state index < -0.39 is 0 Å². The fourth-order valence-corrected chi connectivity index (χ4v) is 2.02. The summed E-state index contributed by atoms with van der Waals surface area (Å²) in [7, 11) is 1.71. The maximum absolute atomic E-state index is 11.5. The van der Waals surface area contributed by atoms with Gasteiger partial charge in [-0.15, -0.1) is 11.3 Å². The van der Waals surface area contributed by atoms with Crippen LogP contribution in [-0.2, 0) is 4.79 Å². The Morgan fingerprint density at radius 2 is 2.36 bits per heavy atom. The van der Waals surface area contributed by atoms with Gasteiger partial charge >= 0.3 is 0 Å². The molecule has 5 heteroatoms. The van der Waals surface area contributed by atoms with Crippen LogP contribution in [0.15, 0.2) is 12.1 Å². The number of aliphatic hydroxyl groups is 1. The van der Waals surface area contributed by atoms with Gasteiger partial charge in [-0.05, 0) is 18.6 Å². The molecular weight excluding hydrogens is 222 g/mol. The Kier molecular flexibility index (Phi) is 4.38. The molecule has 1 heterocycles. The fourth-order valence-electron chi connectivity index (χ4n) is 1.01. The summed E-state index contributed by atoms with van der Waals surface area (Å²) in [4.78, 5) is 13.1. The van der Waals surface area contributed by atoms with Crippen molar-refractivity contribution in [1.29, 1.82) is 0 Å². The van der Waals surface area contributed by atoms with Crippen LogP contribution in [0.3, 0.4) is 0 Å². The van der Waals surface area contributed by atoms with Crippen LogP contribution in [0.25, 0.3) is 0 Å². The molecule has 0 unspecified atom stereocenters. The Bertz CT molecular complexity index is 314. The van der Waals surface area contributed by atoms with Crippen LogP contribution < -0.4 is 4.90 Å². The van der Waals surface area contributed by atoms with Gasteiger partial charge in [-0.3, -0.25) is 4.79 Å². The van der Waals surface area contributed by atoms with E-state index in [2.05, 4.69) is 0 Å². The molecule has 1 amide bonds. The highest BCUT2D eigenvalue weighted by molar-refractivity contribution is 7.20. The van der Waals surface area contributed by atoms with E-state index >= 15 is 0 Å². The highest BCUT2D eigenvalue weighted by atomic mass is 35.5. The SMILES string of the molecule is CN(C(=O)CCCO)c1ccc(Cl)s1. The predicted molar refractivity (Wildman–Crippen MR) is 59.1 cm³/mol. The summed E-state index contributed by atoms with van der Waals surface area (Å²) < 4.78 is 0.668. The van der Waals surface area contributed by atoms with E-state index in [1.165, 1.54) is 11.3 Å². The second-order valence-corrected chi connectivity index (χ2v) is 4.55. The summed E-state index contributed by atoms with van der Waals surface area (Å²) in [5, 5.41) is 9.41. The molecule has 1 aromatic rings. The first kappa shape index (κ1) is 11.5. The number of amides is 1. The Morgan fingerprint density at radius 1 is 1.64 bits per heavy atom. The maximum atomic E-state index is 11.5. The summed E-state index contributed by atoms with van der Waals surface area (Å²) >= 11 is 7.12. The molecule has 3 nitrogen and oxygen atoms in total. The second-order valence-electron chi connectivity index (χ2n) is 2.86. The van der Waals surface area contributed by atoms with Crippen molar-refractivity contribution in [2.24, 2.45) is 0 Å². The normalized spacial score (nSPS) is 10.2. The van der Waals surface area contributed by atoms with Crippen molar-refractivity contribution in [2.45, 2.75) is 12.8 Å². The molecule has 0 saturated carbocycles. The molecule has 0 aromatic carbocycles. The molecule has 0 aliphatic rings. The number of hydrogen-bond donors (Lipinski definition) is 1. The maximum Gasteiger partial charge on any atom is 0.227 e. The molecule has 0 aliphatic heterocycles. The third-order valence-electron chi connectivity index (χ3n) is 1.81. The van der Waals surface area contributed by atoms with E-state index in [-0.39, 0.29) is 12.5 Å². The summed E-state index contributed by atoms with van der Waals surface area (Å²) in [6.45, 7) is 0.0464. The molecule has 0 radical (unpaired) electrons. The minimum absolute atomic E-state index is 0.00225. The molecule has 0 spiro atoms. The van der Waals surface area contributed by atoms with Crippen molar-refractivity contribution in [2.75, 3.05) is 18.6 Å². The molecule has 1 rings (SSSR count). The summed E-state index contributed by atoms with van der Waals surface area (Å²) in [5.74, 6) is -0.00225. The van der Waals surface area contributed by atoms with Crippen molar-refractivity contribution in [3.8, 4) is 0 Å². The highest BCUT2D eigenvalue weighted by Crippen LogP contribution is 2.29. The van der Waals surface area contributed by atoms with Gasteiger partial charge in [-0.25, -0.2) is 0 Å². The van der Waals surface area contributed by atoms with Crippen LogP contribution in [0.2, 0.25) is 4.34 Å². The van der Waals surface area contributed by atoms with Crippen molar-refractivity contribution in [1.82, 2.24) is 0 Å². The van der Waals surface area contributed by atoms with E-state index in [9.17, 15) is 4.79 Å². The van der Waals surface area contributed by atoms with Crippen molar-refractivity contribution in [3.05, 3.63) is 16.5 Å². The number of nitrogens with zero attached hydrogens (tertiary/aromatic N) is 1. The van der Waals surface area contributed by atoms with E-state index in [1.807, 2.05) is 6.07 Å². The minimum Gasteiger partial charge on any atom is -0.396 e. The Hall–Kier alpha value is -0.580. The van der Waals surface area contributed by atoms with Gasteiger partial charge in [0.2, 0.25) is 5.91 Å². The van der Waals surface area contributed by atoms with Gasteiger partial charge in [0.25, 0.3) is 0 Å². The topological polar surface area (TPSA) is 40.5 Å². The first-order valence-corrected chi connectivity index (χ1v) is 5.47. The number of anilines is 1. The summed E-state index contributed by atoms with van der Waals surface area (Å²) in [5.41, 5.74) is 0. The Balaban J connectivity index is 2.56. The summed E-state index contributed by atoms with van der Waals surface area (Å²) in [6, 6.07) is 3.57. The fraction of sp³-hybridized carbons (Fsp3) is 0.444. The Labute approximate surface area is 91.9 Å². The minimum atomic E-state index is -0.00225. The highest BCUT2D eigenvalue weighted by Gasteiger charge is 2.11. The standard InChI is InChI=1S/C9H12ClNO2S/c1-11(8(13)3-2-6-12)9-5-4-7(10)14-9/h4-5,12H,2-3,6H2,1H3. The third-order valence-corrected chi connectivity index (χ3v) is 3.12. The van der Waals surface area contributed by atoms with E-state index in [0.29, 0.717) is 17.2 Å². The van der Waals surface area contributed by atoms with Gasteiger partial charge in [0.1, 0.15) is 0 Å². The lowest BCUT2D eigenvalue weighted by Crippen LogP contribution is -2.25. The molecule has 1 N–H and O–H groups in total. The number of rotatable bonds is 4. The number of aliphatic hydroxyl groups excluding tert-OH is 1. The van der Waals surface area contributed by atoms with Gasteiger partial charge in [0.05, 0.1) is 9.34 Å². The van der Waals surface area contributed by atoms with E-state index in [1.54, 1.807) is 18.0 Å². The number of carbonyl (C=O) groups excluding carboxylic acids is 1. The largest absolute Gasteiger partial charge is 0.396 e. The van der Waals surface area contributed by atoms with Gasteiger partial charge < -0.3 is 10.0 Å². The molecule has 14 heavy (non-hydrogen) atoms. The molecule has 0 bridgehead atoms. The van der Waals surface area contributed by atoms with Crippen LogP contribution >= 0.6 is 22.9 Å². The number of halogens is 1. The molecule has 78 valence electrons. The van der Waals surface area contributed by atoms with Gasteiger partial charge in [-0.1, -0.05) is 11.6 Å². The summed E-state index contributed by atoms with van der Waals surface area (Å²) in [6.07, 6.45) is 0.866. The Morgan fingerprint density at radius 3 is 2.86 bits per heavy atom. The average Bonchev–Trinajstić information content (AvgIpc) is 2.60. The van der Waals surface area contributed by atoms with Crippen LogP contribution in [0.4, 0.5) is 5.00 Å². The molecule has 0 atom stereocenters. The van der Waals surface area contributed by atoms with Crippen LogP contribution in [0, 0.1) is 0 Å². The van der Waals surface area contributed by atoms with Crippen LogP contribution in [-0.4, -0.2) is 24.7 Å². The molecule has 1 aromatic heterocycles. The smallest absolute Gasteiger partial charge is 0.227 e. The number of hydrogen-bond acceptors (Lipinski definition) is 3. The quantitative estimate of drug-likeness (QED) is 0.866. The number of thiophene rings is 1. The van der Waals surface area contributed by atoms with Crippen molar-refractivity contribution in [3.63, 3.8) is 0 Å². The number of carbonyl (C=O) groups is 1. The molecular formula is C9H12ClNO2S. The lowest BCUT2D eigenvalue weighted by atomic mass is 10.3. The lowest BCUT2D eigenvalue weighted by Gasteiger charge is -2.14. The van der Waals surface area contributed by atoms with Gasteiger partial charge in [-0.2, -0.15) is 0 Å². The van der Waals surface area contributed by atoms with Gasteiger partial charge in [0.15, 0.2) is 0 Å². The van der Waals surface area contributed by atoms with Crippen molar-refractivity contribution < 1.29 is 9.90 Å². The van der Waals surface area contributed by atoms with Crippen molar-refractivity contribution >= 4 is 33.8 Å².